The molecule has 0 aliphatic carbocycles. The van der Waals surface area contributed by atoms with E-state index in [0.29, 0.717) is 15.6 Å². The smallest absolute Gasteiger partial charge is 0.335 e. The van der Waals surface area contributed by atoms with Gasteiger partial charge >= 0.3 is 6.03 Å². The molecule has 3 aromatic carbocycles. The SMILES string of the molecule is O=C(COc1c(Cl)cc(/C=C2\C(=O)NC(=O)N(c3cccc([N+](=O)[O-])c3)C2=O)cc1Cl)Nc1ccc(Cl)cc1. The molecule has 14 heteroatoms. The number of rotatable bonds is 7. The number of nitro benzene ring substituents is 1. The lowest BCUT2D eigenvalue weighted by molar-refractivity contribution is -0.384. The van der Waals surface area contributed by atoms with Crippen molar-refractivity contribution < 1.29 is 28.8 Å². The molecule has 4 rings (SSSR count). The Morgan fingerprint density at radius 2 is 1.69 bits per heavy atom. The van der Waals surface area contributed by atoms with Gasteiger partial charge in [-0.15, -0.1) is 0 Å². The maximum absolute atomic E-state index is 13.1. The minimum atomic E-state index is -1.07. The number of urea groups is 1. The van der Waals surface area contributed by atoms with Crippen molar-refractivity contribution in [3.63, 3.8) is 0 Å². The molecule has 11 nitrogen and oxygen atoms in total. The Bertz CT molecular complexity index is 1530. The maximum atomic E-state index is 13.1. The molecule has 2 N–H and O–H groups in total. The molecule has 1 saturated heterocycles. The number of imide groups is 2. The van der Waals surface area contributed by atoms with E-state index in [9.17, 15) is 29.3 Å². The number of carbonyl (C=O) groups excluding carboxylic acids is 4. The van der Waals surface area contributed by atoms with Crippen LogP contribution in [0.1, 0.15) is 5.56 Å². The summed E-state index contributed by atoms with van der Waals surface area (Å²) < 4.78 is 5.46. The number of amides is 5. The molecule has 39 heavy (non-hydrogen) atoms. The van der Waals surface area contributed by atoms with Crippen LogP contribution in [0.5, 0.6) is 5.75 Å². The van der Waals surface area contributed by atoms with Crippen LogP contribution in [-0.4, -0.2) is 35.3 Å². The summed E-state index contributed by atoms with van der Waals surface area (Å²) in [5.74, 6) is -2.51. The predicted molar refractivity (Wildman–Crippen MR) is 144 cm³/mol. The van der Waals surface area contributed by atoms with Crippen molar-refractivity contribution in [3.05, 3.63) is 97.0 Å². The molecule has 3 aromatic rings. The first-order valence-corrected chi connectivity index (χ1v) is 12.0. The number of hydrogen-bond donors (Lipinski definition) is 2. The van der Waals surface area contributed by atoms with E-state index in [2.05, 4.69) is 5.32 Å². The third-order valence-corrected chi connectivity index (χ3v) is 6.02. The summed E-state index contributed by atoms with van der Waals surface area (Å²) in [6, 6.07) is 12.8. The monoisotopic (exact) mass is 588 g/mol. The Hall–Kier alpha value is -4.45. The van der Waals surface area contributed by atoms with Crippen LogP contribution in [0, 0.1) is 10.1 Å². The number of non-ortho nitro benzene ring substituents is 1. The number of anilines is 2. The van der Waals surface area contributed by atoms with Crippen LogP contribution in [0.2, 0.25) is 15.1 Å². The number of barbiturate groups is 1. The number of benzene rings is 3. The van der Waals surface area contributed by atoms with Gasteiger partial charge in [-0.25, -0.2) is 9.69 Å². The molecular weight excluding hydrogens is 575 g/mol. The van der Waals surface area contributed by atoms with Gasteiger partial charge in [-0.2, -0.15) is 0 Å². The number of nitrogens with zero attached hydrogens (tertiary/aromatic N) is 2. The molecule has 0 unspecified atom stereocenters. The Labute approximate surface area is 235 Å². The van der Waals surface area contributed by atoms with Crippen molar-refractivity contribution in [2.45, 2.75) is 0 Å². The van der Waals surface area contributed by atoms with Crippen LogP contribution in [0.3, 0.4) is 0 Å². The van der Waals surface area contributed by atoms with E-state index >= 15 is 0 Å². The largest absolute Gasteiger partial charge is 0.481 e. The van der Waals surface area contributed by atoms with E-state index in [4.69, 9.17) is 39.5 Å². The number of ether oxygens (including phenoxy) is 1. The summed E-state index contributed by atoms with van der Waals surface area (Å²) in [6.45, 7) is -0.427. The highest BCUT2D eigenvalue weighted by Gasteiger charge is 2.37. The third-order valence-electron chi connectivity index (χ3n) is 5.21. The van der Waals surface area contributed by atoms with Crippen LogP contribution in [-0.2, 0) is 14.4 Å². The average molecular weight is 590 g/mol. The standard InChI is InChI=1S/C25H15Cl3N4O7/c26-14-4-6-15(7-5-14)29-21(33)12-39-22-19(27)9-13(10-20(22)28)8-18-23(34)30-25(36)31(24(18)35)16-2-1-3-17(11-16)32(37)38/h1-11H,12H2,(H,29,33)(H,30,34,36)/b18-8+. The molecule has 0 bridgehead atoms. The summed E-state index contributed by atoms with van der Waals surface area (Å²) >= 11 is 18.4. The van der Waals surface area contributed by atoms with Crippen molar-refractivity contribution in [1.82, 2.24) is 5.32 Å². The topological polar surface area (TPSA) is 148 Å². The average Bonchev–Trinajstić information content (AvgIpc) is 2.87. The van der Waals surface area contributed by atoms with Crippen molar-refractivity contribution in [3.8, 4) is 5.75 Å². The molecule has 0 spiro atoms. The molecule has 1 aliphatic heterocycles. The van der Waals surface area contributed by atoms with Crippen molar-refractivity contribution in [2.24, 2.45) is 0 Å². The lowest BCUT2D eigenvalue weighted by atomic mass is 10.1. The van der Waals surface area contributed by atoms with E-state index in [0.717, 1.165) is 12.1 Å². The number of carbonyl (C=O) groups is 4. The van der Waals surface area contributed by atoms with E-state index < -0.39 is 40.9 Å². The maximum Gasteiger partial charge on any atom is 0.335 e. The predicted octanol–water partition coefficient (Wildman–Crippen LogP) is 5.24. The zero-order valence-corrected chi connectivity index (χ0v) is 21.7. The quantitative estimate of drug-likeness (QED) is 0.166. The molecule has 0 saturated carbocycles. The highest BCUT2D eigenvalue weighted by atomic mass is 35.5. The molecule has 5 amide bonds. The van der Waals surface area contributed by atoms with Crippen LogP contribution < -0.4 is 20.3 Å². The summed E-state index contributed by atoms with van der Waals surface area (Å²) in [7, 11) is 0. The fourth-order valence-corrected chi connectivity index (χ4v) is 4.21. The number of nitrogens with one attached hydrogen (secondary N) is 2. The van der Waals surface area contributed by atoms with E-state index in [1.807, 2.05) is 5.32 Å². The second-order valence-corrected chi connectivity index (χ2v) is 9.14. The summed E-state index contributed by atoms with van der Waals surface area (Å²) in [6.07, 6.45) is 1.14. The van der Waals surface area contributed by atoms with E-state index in [1.165, 1.54) is 30.3 Å². The van der Waals surface area contributed by atoms with Gasteiger partial charge in [0.25, 0.3) is 23.4 Å². The molecule has 1 fully saturated rings. The molecule has 1 aliphatic rings. The molecule has 198 valence electrons. The lowest BCUT2D eigenvalue weighted by Gasteiger charge is -2.26. The zero-order chi connectivity index (χ0) is 28.3. The van der Waals surface area contributed by atoms with Gasteiger partial charge in [0.2, 0.25) is 0 Å². The minimum Gasteiger partial charge on any atom is -0.481 e. The van der Waals surface area contributed by atoms with E-state index in [1.54, 1.807) is 24.3 Å². The van der Waals surface area contributed by atoms with Crippen molar-refractivity contribution >= 4 is 81.7 Å². The van der Waals surface area contributed by atoms with Gasteiger partial charge in [-0.1, -0.05) is 40.9 Å². The highest BCUT2D eigenvalue weighted by molar-refractivity contribution is 6.40. The highest BCUT2D eigenvalue weighted by Crippen LogP contribution is 2.35. The third kappa shape index (κ3) is 6.34. The van der Waals surface area contributed by atoms with Crippen LogP contribution >= 0.6 is 34.8 Å². The fraction of sp³-hybridized carbons (Fsp3) is 0.0400. The second-order valence-electron chi connectivity index (χ2n) is 7.89. The van der Waals surface area contributed by atoms with Gasteiger partial charge < -0.3 is 10.1 Å². The molecule has 0 aromatic heterocycles. The first-order valence-electron chi connectivity index (χ1n) is 10.9. The fourth-order valence-electron chi connectivity index (χ4n) is 3.47. The van der Waals surface area contributed by atoms with Gasteiger partial charge in [0.05, 0.1) is 20.7 Å². The molecular formula is C25H15Cl3N4O7. The summed E-state index contributed by atoms with van der Waals surface area (Å²) in [5.41, 5.74) is -0.215. The summed E-state index contributed by atoms with van der Waals surface area (Å²) in [4.78, 5) is 61.1. The van der Waals surface area contributed by atoms with Crippen LogP contribution in [0.25, 0.3) is 6.08 Å². The van der Waals surface area contributed by atoms with E-state index in [-0.39, 0.29) is 32.7 Å². The molecule has 1 heterocycles. The van der Waals surface area contributed by atoms with Crippen LogP contribution in [0.4, 0.5) is 21.9 Å². The molecule has 0 radical (unpaired) electrons. The normalized spacial score (nSPS) is 14.3. The first kappa shape index (κ1) is 27.6. The van der Waals surface area contributed by atoms with Gasteiger partial charge in [-0.05, 0) is 54.1 Å². The lowest BCUT2D eigenvalue weighted by Crippen LogP contribution is -2.54. The van der Waals surface area contributed by atoms with Gasteiger partial charge in [0.1, 0.15) is 5.57 Å². The van der Waals surface area contributed by atoms with Gasteiger partial charge in [0.15, 0.2) is 12.4 Å². The second kappa shape index (κ2) is 11.5. The Morgan fingerprint density at radius 3 is 2.33 bits per heavy atom. The Balaban J connectivity index is 1.53. The minimum absolute atomic E-state index is 0.0143. The summed E-state index contributed by atoms with van der Waals surface area (Å²) in [5, 5.41) is 16.2. The number of hydrogen-bond acceptors (Lipinski definition) is 7. The van der Waals surface area contributed by atoms with Gasteiger partial charge in [-0.3, -0.25) is 29.8 Å². The first-order chi connectivity index (χ1) is 18.5. The number of nitro groups is 1. The molecule has 0 atom stereocenters. The number of halogens is 3. The Morgan fingerprint density at radius 1 is 1.03 bits per heavy atom. The van der Waals surface area contributed by atoms with Crippen molar-refractivity contribution in [1.29, 1.82) is 0 Å². The van der Waals surface area contributed by atoms with Crippen molar-refractivity contribution in [2.75, 3.05) is 16.8 Å². The Kier molecular flexibility index (Phi) is 8.15. The van der Waals surface area contributed by atoms with Crippen LogP contribution in [0.15, 0.2) is 66.2 Å². The zero-order valence-electron chi connectivity index (χ0n) is 19.4. The van der Waals surface area contributed by atoms with Gasteiger partial charge in [0, 0.05) is 22.8 Å².